The quantitative estimate of drug-likeness (QED) is 0.775. The third-order valence-electron chi connectivity index (χ3n) is 1.59. The van der Waals surface area contributed by atoms with Crippen molar-refractivity contribution in [1.29, 1.82) is 0 Å². The third-order valence-corrected chi connectivity index (χ3v) is 1.80. The standard InChI is InChI=1S/C9H8ClNO3/c10-7-3-6(4-11-5-7)8(12)1-2-9(13)14/h3-5H,1-2H2,(H,13,14). The van der Waals surface area contributed by atoms with E-state index in [1.165, 1.54) is 18.5 Å². The van der Waals surface area contributed by atoms with E-state index in [2.05, 4.69) is 4.98 Å². The minimum Gasteiger partial charge on any atom is -0.481 e. The zero-order chi connectivity index (χ0) is 10.6. The molecule has 14 heavy (non-hydrogen) atoms. The van der Waals surface area contributed by atoms with Crippen LogP contribution in [-0.2, 0) is 4.79 Å². The van der Waals surface area contributed by atoms with Gasteiger partial charge in [-0.05, 0) is 6.07 Å². The highest BCUT2D eigenvalue weighted by molar-refractivity contribution is 6.30. The molecule has 0 spiro atoms. The van der Waals surface area contributed by atoms with Crippen molar-refractivity contribution in [2.75, 3.05) is 0 Å². The van der Waals surface area contributed by atoms with Crippen LogP contribution in [0.5, 0.6) is 0 Å². The monoisotopic (exact) mass is 213 g/mol. The smallest absolute Gasteiger partial charge is 0.303 e. The lowest BCUT2D eigenvalue weighted by Gasteiger charge is -1.98. The van der Waals surface area contributed by atoms with Crippen molar-refractivity contribution in [3.8, 4) is 0 Å². The normalized spacial score (nSPS) is 9.79. The van der Waals surface area contributed by atoms with E-state index in [1.807, 2.05) is 0 Å². The molecule has 74 valence electrons. The number of ketones is 1. The summed E-state index contributed by atoms with van der Waals surface area (Å²) in [4.78, 5) is 25.3. The van der Waals surface area contributed by atoms with Gasteiger partial charge >= 0.3 is 5.97 Å². The lowest BCUT2D eigenvalue weighted by molar-refractivity contribution is -0.136. The van der Waals surface area contributed by atoms with Crippen LogP contribution in [0.3, 0.4) is 0 Å². The van der Waals surface area contributed by atoms with E-state index in [1.54, 1.807) is 0 Å². The SMILES string of the molecule is O=C(O)CCC(=O)c1cncc(Cl)c1. The van der Waals surface area contributed by atoms with Crippen molar-refractivity contribution in [3.05, 3.63) is 29.0 Å². The molecule has 4 nitrogen and oxygen atoms in total. The van der Waals surface area contributed by atoms with Gasteiger partial charge in [0.2, 0.25) is 0 Å². The van der Waals surface area contributed by atoms with E-state index in [4.69, 9.17) is 16.7 Å². The summed E-state index contributed by atoms with van der Waals surface area (Å²) in [5.41, 5.74) is 0.346. The predicted octanol–water partition coefficient (Wildman–Crippen LogP) is 1.78. The van der Waals surface area contributed by atoms with Gasteiger partial charge in [0.05, 0.1) is 11.4 Å². The number of carboxylic acid groups (broad SMARTS) is 1. The summed E-state index contributed by atoms with van der Waals surface area (Å²) in [7, 11) is 0. The molecule has 1 N–H and O–H groups in total. The molecule has 1 aromatic heterocycles. The van der Waals surface area contributed by atoms with Gasteiger partial charge in [0.1, 0.15) is 0 Å². The molecule has 1 rings (SSSR count). The van der Waals surface area contributed by atoms with Gasteiger partial charge in [-0.15, -0.1) is 0 Å². The number of Topliss-reactive ketones (excluding diaryl/α,β-unsaturated/α-hetero) is 1. The summed E-state index contributed by atoms with van der Waals surface area (Å²) >= 11 is 5.62. The Bertz CT molecular complexity index is 365. The molecule has 0 saturated heterocycles. The second-order valence-corrected chi connectivity index (χ2v) is 3.15. The first-order valence-electron chi connectivity index (χ1n) is 3.95. The largest absolute Gasteiger partial charge is 0.481 e. The van der Waals surface area contributed by atoms with Gasteiger partial charge in [0.15, 0.2) is 5.78 Å². The van der Waals surface area contributed by atoms with Gasteiger partial charge in [0.25, 0.3) is 0 Å². The average Bonchev–Trinajstić information content (AvgIpc) is 2.14. The molecule has 0 aliphatic rings. The fraction of sp³-hybridized carbons (Fsp3) is 0.222. The molecule has 1 heterocycles. The summed E-state index contributed by atoms with van der Waals surface area (Å²) in [5.74, 6) is -1.25. The molecular formula is C9H8ClNO3. The molecule has 0 radical (unpaired) electrons. The number of hydrogen-bond acceptors (Lipinski definition) is 3. The molecule has 0 saturated carbocycles. The number of carboxylic acids is 1. The predicted molar refractivity (Wildman–Crippen MR) is 50.4 cm³/mol. The molecule has 5 heteroatoms. The Morgan fingerprint density at radius 1 is 1.36 bits per heavy atom. The molecule has 0 bridgehead atoms. The molecule has 0 aliphatic carbocycles. The van der Waals surface area contributed by atoms with E-state index in [0.717, 1.165) is 0 Å². The molecule has 0 aromatic carbocycles. The maximum atomic E-state index is 11.3. The zero-order valence-electron chi connectivity index (χ0n) is 7.24. The number of carbonyl (C=O) groups excluding carboxylic acids is 1. The van der Waals surface area contributed by atoms with Crippen molar-refractivity contribution < 1.29 is 14.7 Å². The Morgan fingerprint density at radius 2 is 2.07 bits per heavy atom. The van der Waals surface area contributed by atoms with E-state index >= 15 is 0 Å². The van der Waals surface area contributed by atoms with Crippen molar-refractivity contribution in [1.82, 2.24) is 4.98 Å². The summed E-state index contributed by atoms with van der Waals surface area (Å²) < 4.78 is 0. The molecular weight excluding hydrogens is 206 g/mol. The van der Waals surface area contributed by atoms with Crippen molar-refractivity contribution in [2.24, 2.45) is 0 Å². The zero-order valence-corrected chi connectivity index (χ0v) is 7.99. The minimum atomic E-state index is -0.992. The second-order valence-electron chi connectivity index (χ2n) is 2.71. The highest BCUT2D eigenvalue weighted by Crippen LogP contribution is 2.10. The van der Waals surface area contributed by atoms with Crippen molar-refractivity contribution in [3.63, 3.8) is 0 Å². The van der Waals surface area contributed by atoms with Crippen LogP contribution in [0.1, 0.15) is 23.2 Å². The van der Waals surface area contributed by atoms with Crippen LogP contribution in [0.15, 0.2) is 18.5 Å². The number of nitrogens with zero attached hydrogens (tertiary/aromatic N) is 1. The van der Waals surface area contributed by atoms with E-state index in [-0.39, 0.29) is 18.6 Å². The molecule has 0 aliphatic heterocycles. The maximum Gasteiger partial charge on any atom is 0.303 e. The molecule has 1 aromatic rings. The Balaban J connectivity index is 2.65. The van der Waals surface area contributed by atoms with Crippen molar-refractivity contribution in [2.45, 2.75) is 12.8 Å². The van der Waals surface area contributed by atoms with Gasteiger partial charge in [0, 0.05) is 24.4 Å². The highest BCUT2D eigenvalue weighted by atomic mass is 35.5. The Labute approximate surface area is 85.5 Å². The van der Waals surface area contributed by atoms with Crippen LogP contribution in [0, 0.1) is 0 Å². The number of halogens is 1. The number of pyridine rings is 1. The number of aliphatic carboxylic acids is 1. The highest BCUT2D eigenvalue weighted by Gasteiger charge is 2.08. The Hall–Kier alpha value is -1.42. The van der Waals surface area contributed by atoms with Crippen LogP contribution >= 0.6 is 11.6 Å². The first-order chi connectivity index (χ1) is 6.59. The summed E-state index contributed by atoms with van der Waals surface area (Å²) in [6.45, 7) is 0. The first kappa shape index (κ1) is 10.7. The number of aromatic nitrogens is 1. The molecule has 0 atom stereocenters. The van der Waals surface area contributed by atoms with E-state index in [0.29, 0.717) is 10.6 Å². The van der Waals surface area contributed by atoms with E-state index in [9.17, 15) is 9.59 Å². The maximum absolute atomic E-state index is 11.3. The van der Waals surface area contributed by atoms with Crippen LogP contribution in [0.2, 0.25) is 5.02 Å². The molecule has 0 amide bonds. The molecule has 0 unspecified atom stereocenters. The Kier molecular flexibility index (Phi) is 3.59. The Morgan fingerprint density at radius 3 is 2.64 bits per heavy atom. The summed E-state index contributed by atoms with van der Waals surface area (Å²) in [6.07, 6.45) is 2.58. The van der Waals surface area contributed by atoms with Crippen LogP contribution < -0.4 is 0 Å². The van der Waals surface area contributed by atoms with Crippen LogP contribution in [0.4, 0.5) is 0 Å². The lowest BCUT2D eigenvalue weighted by atomic mass is 10.1. The van der Waals surface area contributed by atoms with Crippen molar-refractivity contribution >= 4 is 23.4 Å². The number of carbonyl (C=O) groups is 2. The first-order valence-corrected chi connectivity index (χ1v) is 4.33. The molecule has 0 fully saturated rings. The lowest BCUT2D eigenvalue weighted by Crippen LogP contribution is -2.04. The third kappa shape index (κ3) is 3.14. The van der Waals surface area contributed by atoms with Gasteiger partial charge in [-0.3, -0.25) is 14.6 Å². The summed E-state index contributed by atoms with van der Waals surface area (Å²) in [6, 6.07) is 1.47. The van der Waals surface area contributed by atoms with Gasteiger partial charge in [-0.1, -0.05) is 11.6 Å². The second kappa shape index (κ2) is 4.72. The van der Waals surface area contributed by atoms with E-state index < -0.39 is 5.97 Å². The summed E-state index contributed by atoms with van der Waals surface area (Å²) in [5, 5.41) is 8.74. The number of hydrogen-bond donors (Lipinski definition) is 1. The number of rotatable bonds is 4. The van der Waals surface area contributed by atoms with Crippen LogP contribution in [0.25, 0.3) is 0 Å². The fourth-order valence-corrected chi connectivity index (χ4v) is 1.10. The topological polar surface area (TPSA) is 67.3 Å². The van der Waals surface area contributed by atoms with Crippen LogP contribution in [-0.4, -0.2) is 21.8 Å². The van der Waals surface area contributed by atoms with Gasteiger partial charge in [-0.25, -0.2) is 0 Å². The fourth-order valence-electron chi connectivity index (χ4n) is 0.929. The average molecular weight is 214 g/mol. The minimum absolute atomic E-state index is 0.0304. The van der Waals surface area contributed by atoms with Gasteiger partial charge in [-0.2, -0.15) is 0 Å². The van der Waals surface area contributed by atoms with Gasteiger partial charge < -0.3 is 5.11 Å².